The number of aliphatic imine (C=N–C) groups is 1. The van der Waals surface area contributed by atoms with Gasteiger partial charge in [-0.15, -0.1) is 0 Å². The zero-order valence-corrected chi connectivity index (χ0v) is 16.7. The molecule has 4 unspecified atom stereocenters. The number of hydrogen-bond donors (Lipinski definition) is 3. The first-order chi connectivity index (χ1) is 13.9. The molecule has 5 nitrogen and oxygen atoms in total. The number of phenols is 2. The van der Waals surface area contributed by atoms with E-state index in [1.807, 2.05) is 44.2 Å². The number of benzene rings is 2. The van der Waals surface area contributed by atoms with Crippen molar-refractivity contribution in [2.24, 2.45) is 4.99 Å². The number of ether oxygens (including phenoxy) is 1. The molecule has 0 spiro atoms. The molecule has 0 saturated heterocycles. The van der Waals surface area contributed by atoms with Crippen LogP contribution in [0.1, 0.15) is 49.0 Å². The van der Waals surface area contributed by atoms with Crippen molar-refractivity contribution in [3.05, 3.63) is 71.3 Å². The Labute approximate surface area is 171 Å². The summed E-state index contributed by atoms with van der Waals surface area (Å²) in [6, 6.07) is 12.5. The van der Waals surface area contributed by atoms with Crippen LogP contribution in [0.3, 0.4) is 0 Å². The lowest BCUT2D eigenvalue weighted by Crippen LogP contribution is -2.59. The molecule has 0 saturated carbocycles. The number of fused-ring (bicyclic) bond motifs is 1. The lowest BCUT2D eigenvalue weighted by molar-refractivity contribution is -0.158. The van der Waals surface area contributed by atoms with Crippen LogP contribution in [-0.2, 0) is 11.2 Å². The van der Waals surface area contributed by atoms with Crippen molar-refractivity contribution >= 4 is 6.21 Å². The van der Waals surface area contributed by atoms with Gasteiger partial charge in [-0.2, -0.15) is 0 Å². The van der Waals surface area contributed by atoms with Crippen LogP contribution < -0.4 is 0 Å². The van der Waals surface area contributed by atoms with Gasteiger partial charge < -0.3 is 20.1 Å². The van der Waals surface area contributed by atoms with E-state index in [1.165, 1.54) is 6.07 Å². The van der Waals surface area contributed by atoms with E-state index in [4.69, 9.17) is 9.73 Å². The van der Waals surface area contributed by atoms with Crippen LogP contribution in [0, 0.1) is 0 Å². The Kier molecular flexibility index (Phi) is 4.97. The van der Waals surface area contributed by atoms with Crippen LogP contribution in [0.5, 0.6) is 11.5 Å². The normalized spacial score (nSPS) is 26.1. The lowest BCUT2D eigenvalue weighted by atomic mass is 9.63. The van der Waals surface area contributed by atoms with Crippen molar-refractivity contribution in [1.82, 2.24) is 0 Å². The minimum absolute atomic E-state index is 0.0461. The van der Waals surface area contributed by atoms with Crippen molar-refractivity contribution in [3.8, 4) is 11.5 Å². The summed E-state index contributed by atoms with van der Waals surface area (Å²) < 4.78 is 6.23. The van der Waals surface area contributed by atoms with Crippen molar-refractivity contribution in [2.75, 3.05) is 6.61 Å². The van der Waals surface area contributed by atoms with Crippen molar-refractivity contribution in [2.45, 2.75) is 49.9 Å². The van der Waals surface area contributed by atoms with Gasteiger partial charge in [-0.25, -0.2) is 0 Å². The van der Waals surface area contributed by atoms with Crippen LogP contribution in [0.15, 0.2) is 59.6 Å². The van der Waals surface area contributed by atoms with Gasteiger partial charge in [0.1, 0.15) is 28.7 Å². The molecule has 3 N–H and O–H groups in total. The molecule has 0 fully saturated rings. The summed E-state index contributed by atoms with van der Waals surface area (Å²) in [5.74, 6) is -0.582. The standard InChI is InChI=1S/C24H27NO4/c1-3-23(10-6-11-25-23)24(28,16(2)18-13-19(26)15-20(27)14-18)22-21-8-5-4-7-17(21)9-12-29-22/h4-8,10-11,13-16,22,26-28H,3,9,12H2,1-2H3. The molecule has 4 atom stereocenters. The van der Waals surface area contributed by atoms with Gasteiger partial charge in [-0.05, 0) is 47.7 Å². The monoisotopic (exact) mass is 393 g/mol. The summed E-state index contributed by atoms with van der Waals surface area (Å²) in [5.41, 5.74) is 0.413. The predicted octanol–water partition coefficient (Wildman–Crippen LogP) is 4.04. The highest BCUT2D eigenvalue weighted by atomic mass is 16.5. The molecule has 2 heterocycles. The highest BCUT2D eigenvalue weighted by Crippen LogP contribution is 2.53. The van der Waals surface area contributed by atoms with E-state index in [-0.39, 0.29) is 11.5 Å². The smallest absolute Gasteiger partial charge is 0.130 e. The molecule has 152 valence electrons. The molecule has 2 aliphatic rings. The van der Waals surface area contributed by atoms with Crippen LogP contribution in [0.4, 0.5) is 0 Å². The Morgan fingerprint density at radius 1 is 1.21 bits per heavy atom. The van der Waals surface area contributed by atoms with Gasteiger partial charge in [0.25, 0.3) is 0 Å². The van der Waals surface area contributed by atoms with Crippen LogP contribution >= 0.6 is 0 Å². The quantitative estimate of drug-likeness (QED) is 0.716. The highest BCUT2D eigenvalue weighted by Gasteiger charge is 2.59. The SMILES string of the molecule is CCC1(C(O)(C(C)c2cc(O)cc(O)c2)C2OCCc3ccccc32)C=CC=N1. The fourth-order valence-corrected chi connectivity index (χ4v) is 4.86. The maximum Gasteiger partial charge on any atom is 0.130 e. The molecule has 0 radical (unpaired) electrons. The second-order valence-corrected chi connectivity index (χ2v) is 7.94. The van der Waals surface area contributed by atoms with Gasteiger partial charge in [0.2, 0.25) is 0 Å². The Bertz CT molecular complexity index is 935. The molecule has 0 bridgehead atoms. The maximum atomic E-state index is 12.5. The van der Waals surface area contributed by atoms with E-state index in [9.17, 15) is 15.3 Å². The zero-order valence-electron chi connectivity index (χ0n) is 16.7. The minimum atomic E-state index is -1.44. The fraction of sp³-hybridized carbons (Fsp3) is 0.375. The minimum Gasteiger partial charge on any atom is -0.508 e. The number of aromatic hydroxyl groups is 2. The first-order valence-corrected chi connectivity index (χ1v) is 10.1. The topological polar surface area (TPSA) is 82.3 Å². The van der Waals surface area contributed by atoms with Gasteiger partial charge in [0.05, 0.1) is 6.61 Å². The van der Waals surface area contributed by atoms with Gasteiger partial charge in [-0.3, -0.25) is 4.99 Å². The number of nitrogens with zero attached hydrogens (tertiary/aromatic N) is 1. The van der Waals surface area contributed by atoms with E-state index in [1.54, 1.807) is 18.3 Å². The molecule has 2 aromatic rings. The highest BCUT2D eigenvalue weighted by molar-refractivity contribution is 5.76. The summed E-state index contributed by atoms with van der Waals surface area (Å²) in [7, 11) is 0. The van der Waals surface area contributed by atoms with Crippen molar-refractivity contribution in [1.29, 1.82) is 0 Å². The fourth-order valence-electron chi connectivity index (χ4n) is 4.86. The molecular formula is C24H27NO4. The lowest BCUT2D eigenvalue weighted by Gasteiger charge is -2.51. The van der Waals surface area contributed by atoms with Crippen LogP contribution in [-0.4, -0.2) is 39.3 Å². The van der Waals surface area contributed by atoms with E-state index in [0.717, 1.165) is 17.5 Å². The second kappa shape index (κ2) is 7.32. The van der Waals surface area contributed by atoms with Gasteiger partial charge in [0.15, 0.2) is 0 Å². The first kappa shape index (κ1) is 19.7. The third-order valence-electron chi connectivity index (χ3n) is 6.47. The molecule has 0 aliphatic carbocycles. The van der Waals surface area contributed by atoms with Crippen LogP contribution in [0.25, 0.3) is 0 Å². The summed E-state index contributed by atoms with van der Waals surface area (Å²) >= 11 is 0. The molecule has 2 aliphatic heterocycles. The van der Waals surface area contributed by atoms with Crippen LogP contribution in [0.2, 0.25) is 0 Å². The Hall–Kier alpha value is -2.63. The predicted molar refractivity (Wildman–Crippen MR) is 113 cm³/mol. The molecular weight excluding hydrogens is 366 g/mol. The Balaban J connectivity index is 1.92. The van der Waals surface area contributed by atoms with E-state index in [0.29, 0.717) is 18.6 Å². The summed E-state index contributed by atoms with van der Waals surface area (Å²) in [5, 5.41) is 32.6. The molecule has 5 heteroatoms. The van der Waals surface area contributed by atoms with E-state index < -0.39 is 23.2 Å². The number of allylic oxidation sites excluding steroid dienone is 1. The first-order valence-electron chi connectivity index (χ1n) is 10.1. The summed E-state index contributed by atoms with van der Waals surface area (Å²) in [6.07, 6.45) is 6.28. The Morgan fingerprint density at radius 3 is 2.59 bits per heavy atom. The third-order valence-corrected chi connectivity index (χ3v) is 6.47. The van der Waals surface area contributed by atoms with Gasteiger partial charge in [-0.1, -0.05) is 44.2 Å². The third kappa shape index (κ3) is 3.05. The van der Waals surface area contributed by atoms with Crippen molar-refractivity contribution < 1.29 is 20.1 Å². The maximum absolute atomic E-state index is 12.5. The number of rotatable bonds is 5. The average Bonchev–Trinajstić information content (AvgIpc) is 3.22. The Morgan fingerprint density at radius 2 is 1.93 bits per heavy atom. The summed E-state index contributed by atoms with van der Waals surface area (Å²) in [4.78, 5) is 4.71. The zero-order chi connectivity index (χ0) is 20.6. The number of hydrogen-bond acceptors (Lipinski definition) is 5. The summed E-state index contributed by atoms with van der Waals surface area (Å²) in [6.45, 7) is 4.41. The second-order valence-electron chi connectivity index (χ2n) is 7.94. The molecule has 0 amide bonds. The molecule has 4 rings (SSSR count). The molecule has 29 heavy (non-hydrogen) atoms. The largest absolute Gasteiger partial charge is 0.508 e. The van der Waals surface area contributed by atoms with E-state index >= 15 is 0 Å². The van der Waals surface area contributed by atoms with E-state index in [2.05, 4.69) is 6.07 Å². The average molecular weight is 393 g/mol. The molecule has 0 aromatic heterocycles. The number of aliphatic hydroxyl groups is 1. The molecule has 2 aromatic carbocycles. The van der Waals surface area contributed by atoms with Gasteiger partial charge in [0, 0.05) is 18.2 Å². The van der Waals surface area contributed by atoms with Gasteiger partial charge >= 0.3 is 0 Å². The number of phenolic OH excluding ortho intramolecular Hbond substituents is 2. The van der Waals surface area contributed by atoms with Crippen molar-refractivity contribution in [3.63, 3.8) is 0 Å².